The lowest BCUT2D eigenvalue weighted by atomic mass is 10.0. The fraction of sp³-hybridized carbons (Fsp3) is 0.654. The highest BCUT2D eigenvalue weighted by Crippen LogP contribution is 2.26. The summed E-state index contributed by atoms with van der Waals surface area (Å²) in [7, 11) is 0. The smallest absolute Gasteiger partial charge is 0.408 e. The van der Waals surface area contributed by atoms with Gasteiger partial charge in [0.15, 0.2) is 12.2 Å². The van der Waals surface area contributed by atoms with E-state index in [9.17, 15) is 37.1 Å². The monoisotopic (exact) mass is 623 g/mol. The van der Waals surface area contributed by atoms with Crippen LogP contribution < -0.4 is 16.8 Å². The quantitative estimate of drug-likeness (QED) is 0.182. The third kappa shape index (κ3) is 16.4. The second-order valence-electron chi connectivity index (χ2n) is 9.26. The number of aliphatic hydroxyl groups is 2. The zero-order chi connectivity index (χ0) is 29.9. The van der Waals surface area contributed by atoms with Crippen molar-refractivity contribution < 1.29 is 51.6 Å². The number of primary amides is 1. The summed E-state index contributed by atoms with van der Waals surface area (Å²) in [4.78, 5) is 34.1. The molecule has 41 heavy (non-hydrogen) atoms. The third-order valence-electron chi connectivity index (χ3n) is 4.97. The summed E-state index contributed by atoms with van der Waals surface area (Å²) in [5.41, 5.74) is 9.18. The highest BCUT2D eigenvalue weighted by molar-refractivity contribution is 5.85. The van der Waals surface area contributed by atoms with Gasteiger partial charge in [-0.25, -0.2) is 27.2 Å². The van der Waals surface area contributed by atoms with Crippen LogP contribution in [0.3, 0.4) is 0 Å². The Labute approximate surface area is 245 Å². The molecule has 4 atom stereocenters. The summed E-state index contributed by atoms with van der Waals surface area (Å²) in [6.45, 7) is 6.84. The number of alkyl halides is 4. The Morgan fingerprint density at radius 2 is 1.39 bits per heavy atom. The van der Waals surface area contributed by atoms with Gasteiger partial charge >= 0.3 is 12.1 Å². The second-order valence-corrected chi connectivity index (χ2v) is 9.26. The molecule has 1 aromatic carbocycles. The highest BCUT2D eigenvalue weighted by atomic mass is 35.5. The van der Waals surface area contributed by atoms with Crippen LogP contribution in [0.15, 0.2) is 30.3 Å². The number of nitrogens with one attached hydrogen (secondary N) is 1. The summed E-state index contributed by atoms with van der Waals surface area (Å²) in [6, 6.07) is 4.53. The number of ether oxygens (including phenoxy) is 2. The van der Waals surface area contributed by atoms with Crippen LogP contribution in [-0.4, -0.2) is 69.9 Å². The Morgan fingerprint density at radius 1 is 0.927 bits per heavy atom. The van der Waals surface area contributed by atoms with Crippen molar-refractivity contribution in [3.63, 3.8) is 0 Å². The number of halogens is 5. The van der Waals surface area contributed by atoms with Crippen LogP contribution in [0.25, 0.3) is 0 Å². The number of hydrogen-bond acceptors (Lipinski definition) is 8. The fourth-order valence-electron chi connectivity index (χ4n) is 2.67. The normalized spacial score (nSPS) is 14.0. The van der Waals surface area contributed by atoms with E-state index in [0.717, 1.165) is 0 Å². The molecule has 0 radical (unpaired) electrons. The molecular formula is C26H46ClF4N3O7. The first kappa shape index (κ1) is 45.3. The molecule has 1 rings (SSSR count). The molecule has 0 spiro atoms. The van der Waals surface area contributed by atoms with E-state index < -0.39 is 72.5 Å². The minimum Gasteiger partial charge on any atom is -0.458 e. The number of carbonyl (C=O) groups is 3. The zero-order valence-corrected chi connectivity index (χ0v) is 23.1. The first-order valence-electron chi connectivity index (χ1n) is 11.7. The van der Waals surface area contributed by atoms with Crippen molar-refractivity contribution in [1.29, 1.82) is 0 Å². The lowest BCUT2D eigenvalue weighted by Gasteiger charge is -2.31. The molecule has 242 valence electrons. The largest absolute Gasteiger partial charge is 0.458 e. The number of nitrogens with two attached hydrogens (primary N) is 2. The molecule has 2 amide bonds. The maximum Gasteiger partial charge on any atom is 0.408 e. The molecule has 0 saturated heterocycles. The van der Waals surface area contributed by atoms with Crippen LogP contribution >= 0.6 is 12.4 Å². The summed E-state index contributed by atoms with van der Waals surface area (Å²) in [5.74, 6) is -9.30. The van der Waals surface area contributed by atoms with Crippen molar-refractivity contribution >= 4 is 30.4 Å². The predicted molar refractivity (Wildman–Crippen MR) is 150 cm³/mol. The predicted octanol–water partition coefficient (Wildman–Crippen LogP) is 3.93. The van der Waals surface area contributed by atoms with Gasteiger partial charge in [-0.2, -0.15) is 0 Å². The van der Waals surface area contributed by atoms with Gasteiger partial charge in [0.05, 0.1) is 0 Å². The number of carbonyl (C=O) groups excluding carboxylic acids is 3. The van der Waals surface area contributed by atoms with Gasteiger partial charge in [-0.3, -0.25) is 4.79 Å². The van der Waals surface area contributed by atoms with E-state index in [2.05, 4.69) is 5.73 Å². The van der Waals surface area contributed by atoms with Crippen molar-refractivity contribution in [2.45, 2.75) is 111 Å². The number of benzene rings is 1. The summed E-state index contributed by atoms with van der Waals surface area (Å²) >= 11 is 0. The first-order valence-corrected chi connectivity index (χ1v) is 11.7. The summed E-state index contributed by atoms with van der Waals surface area (Å²) in [5, 5.41) is 20.7. The van der Waals surface area contributed by atoms with E-state index in [1.165, 1.54) is 34.6 Å². The van der Waals surface area contributed by atoms with Crippen LogP contribution in [-0.2, 0) is 25.7 Å². The molecule has 7 N–H and O–H groups in total. The summed E-state index contributed by atoms with van der Waals surface area (Å²) < 4.78 is 63.4. The maximum atomic E-state index is 14.1. The Bertz CT molecular complexity index is 907. The Morgan fingerprint density at radius 3 is 1.78 bits per heavy atom. The molecule has 0 aliphatic heterocycles. The van der Waals surface area contributed by atoms with Crippen LogP contribution in [0.2, 0.25) is 0 Å². The number of amides is 2. The van der Waals surface area contributed by atoms with Crippen LogP contribution in [0.4, 0.5) is 22.4 Å². The molecule has 0 heterocycles. The maximum absolute atomic E-state index is 14.1. The van der Waals surface area contributed by atoms with Gasteiger partial charge in [0, 0.05) is 12.8 Å². The molecule has 10 nitrogen and oxygen atoms in total. The number of alkyl carbamates (subject to hydrolysis) is 1. The first-order chi connectivity index (χ1) is 17.3. The Hall–Kier alpha value is -2.68. The molecule has 0 saturated carbocycles. The molecule has 0 bridgehead atoms. The fourth-order valence-corrected chi connectivity index (χ4v) is 2.67. The van der Waals surface area contributed by atoms with Gasteiger partial charge in [-0.15, -0.1) is 12.4 Å². The number of aliphatic hydroxyl groups excluding tert-OH is 2. The minimum absolute atomic E-state index is 0. The lowest BCUT2D eigenvalue weighted by Crippen LogP contribution is -2.57. The molecule has 0 aromatic heterocycles. The lowest BCUT2D eigenvalue weighted by molar-refractivity contribution is -0.173. The molecule has 4 unspecified atom stereocenters. The second kappa shape index (κ2) is 19.4. The van der Waals surface area contributed by atoms with E-state index in [4.69, 9.17) is 20.3 Å². The van der Waals surface area contributed by atoms with E-state index in [0.29, 0.717) is 5.56 Å². The molecule has 1 aromatic rings. The summed E-state index contributed by atoms with van der Waals surface area (Å²) in [6.07, 6.45) is -6.65. The Kier molecular flexibility index (Phi) is 21.5. The third-order valence-corrected chi connectivity index (χ3v) is 4.97. The van der Waals surface area contributed by atoms with E-state index in [-0.39, 0.29) is 33.9 Å². The SMILES string of the molecule is C.C.CCC(F)(F)C(N)C(O)C(N)=O.CCC(F)(F)C(NC(=O)OCc1ccccc1)C(O)C(=O)OC(C)(C)C.Cl. The van der Waals surface area contributed by atoms with Crippen molar-refractivity contribution in [3.8, 4) is 0 Å². The minimum atomic E-state index is -3.54. The van der Waals surface area contributed by atoms with Gasteiger partial charge in [0.25, 0.3) is 11.8 Å². The van der Waals surface area contributed by atoms with Crippen molar-refractivity contribution in [1.82, 2.24) is 5.32 Å². The standard InChI is InChI=1S/C18H25F2NO5.C6H12F2N2O2.2CH4.ClH/c1-5-18(19,20)14(13(22)15(23)26-17(2,3)4)21-16(24)25-11-12-9-7-6-8-10-12;1-2-6(7,8)4(9)3(11)5(10)12;;;/h6-10,13-14,22H,5,11H2,1-4H3,(H,21,24);3-4,11H,2,9H2,1H3,(H2,10,12);2*1H4;1H. The number of rotatable bonds is 11. The topological polar surface area (TPSA) is 174 Å². The van der Waals surface area contributed by atoms with Gasteiger partial charge in [0.2, 0.25) is 5.91 Å². The average Bonchev–Trinajstić information content (AvgIpc) is 2.84. The van der Waals surface area contributed by atoms with Crippen LogP contribution in [0, 0.1) is 0 Å². The van der Waals surface area contributed by atoms with E-state index in [1.54, 1.807) is 30.3 Å². The van der Waals surface area contributed by atoms with Gasteiger partial charge in [0.1, 0.15) is 24.3 Å². The Balaban J connectivity index is -0.000000391. The number of esters is 1. The molecular weight excluding hydrogens is 578 g/mol. The zero-order valence-electron chi connectivity index (χ0n) is 22.3. The van der Waals surface area contributed by atoms with Crippen LogP contribution in [0.5, 0.6) is 0 Å². The van der Waals surface area contributed by atoms with Crippen molar-refractivity contribution in [3.05, 3.63) is 35.9 Å². The van der Waals surface area contributed by atoms with E-state index in [1.807, 2.05) is 5.32 Å². The van der Waals surface area contributed by atoms with E-state index >= 15 is 0 Å². The average molecular weight is 624 g/mol. The number of hydrogen-bond donors (Lipinski definition) is 5. The van der Waals surface area contributed by atoms with Crippen molar-refractivity contribution in [2.24, 2.45) is 11.5 Å². The molecule has 0 fully saturated rings. The van der Waals surface area contributed by atoms with Gasteiger partial charge in [-0.1, -0.05) is 59.0 Å². The molecule has 0 aliphatic carbocycles. The van der Waals surface area contributed by atoms with Crippen LogP contribution in [0.1, 0.15) is 67.9 Å². The van der Waals surface area contributed by atoms with Gasteiger partial charge < -0.3 is 36.5 Å². The highest BCUT2D eigenvalue weighted by Gasteiger charge is 2.47. The van der Waals surface area contributed by atoms with Gasteiger partial charge in [-0.05, 0) is 26.3 Å². The molecule has 0 aliphatic rings. The molecule has 15 heteroatoms. The van der Waals surface area contributed by atoms with Crippen molar-refractivity contribution in [2.75, 3.05) is 0 Å².